The van der Waals surface area contributed by atoms with Gasteiger partial charge in [0.1, 0.15) is 5.82 Å². The smallest absolute Gasteiger partial charge is 0.248 e. The molecule has 0 bridgehead atoms. The summed E-state index contributed by atoms with van der Waals surface area (Å²) in [5.41, 5.74) is 9.78. The molecule has 4 N–H and O–H groups in total. The minimum Gasteiger partial charge on any atom is -0.397 e. The number of amides is 1. The van der Waals surface area contributed by atoms with Gasteiger partial charge in [-0.3, -0.25) is 4.79 Å². The van der Waals surface area contributed by atoms with E-state index in [9.17, 15) is 9.18 Å². The number of nitrogens with two attached hydrogens (primary N) is 1. The first-order valence-electron chi connectivity index (χ1n) is 8.52. The molecule has 0 aliphatic heterocycles. The number of nitrogens with one attached hydrogen (secondary N) is 2. The van der Waals surface area contributed by atoms with Crippen LogP contribution in [0.25, 0.3) is 6.08 Å². The summed E-state index contributed by atoms with van der Waals surface area (Å²) in [7, 11) is 0. The van der Waals surface area contributed by atoms with Crippen molar-refractivity contribution in [2.45, 2.75) is 6.54 Å². The van der Waals surface area contributed by atoms with Gasteiger partial charge in [-0.2, -0.15) is 0 Å². The molecule has 3 aromatic rings. The molecule has 1 amide bonds. The van der Waals surface area contributed by atoms with E-state index in [1.165, 1.54) is 18.2 Å². The first-order chi connectivity index (χ1) is 13.1. The van der Waals surface area contributed by atoms with Crippen molar-refractivity contribution in [3.63, 3.8) is 0 Å². The Morgan fingerprint density at radius 3 is 2.37 bits per heavy atom. The minimum absolute atomic E-state index is 0.241. The number of carbonyl (C=O) groups is 1. The second-order valence-electron chi connectivity index (χ2n) is 6.01. The van der Waals surface area contributed by atoms with Crippen LogP contribution in [-0.4, -0.2) is 5.91 Å². The molecule has 0 fully saturated rings. The summed E-state index contributed by atoms with van der Waals surface area (Å²) < 4.78 is 12.9. The van der Waals surface area contributed by atoms with E-state index in [1.807, 2.05) is 36.4 Å². The first-order valence-corrected chi connectivity index (χ1v) is 8.52. The molecular formula is C22H20FN3O. The zero-order chi connectivity index (χ0) is 19.1. The molecule has 0 heterocycles. The Morgan fingerprint density at radius 2 is 1.67 bits per heavy atom. The lowest BCUT2D eigenvalue weighted by atomic mass is 10.1. The quantitative estimate of drug-likeness (QED) is 0.441. The fraction of sp³-hybridized carbons (Fsp3) is 0.0455. The topological polar surface area (TPSA) is 67.1 Å². The Hall–Kier alpha value is -3.60. The van der Waals surface area contributed by atoms with E-state index in [1.54, 1.807) is 30.3 Å². The second kappa shape index (κ2) is 8.67. The van der Waals surface area contributed by atoms with E-state index in [-0.39, 0.29) is 11.7 Å². The van der Waals surface area contributed by atoms with E-state index < -0.39 is 0 Å². The van der Waals surface area contributed by atoms with Crippen molar-refractivity contribution in [2.75, 3.05) is 16.4 Å². The standard InChI is InChI=1S/C22H20FN3O/c23-18-10-12-19(13-11-18)25-15-17-7-5-16(6-8-17)9-14-22(27)26-21-4-2-1-3-20(21)24/h1-14,25H,15,24H2,(H,26,27). The molecule has 136 valence electrons. The number of halogens is 1. The van der Waals surface area contributed by atoms with Crippen molar-refractivity contribution in [1.82, 2.24) is 0 Å². The molecule has 0 saturated carbocycles. The van der Waals surface area contributed by atoms with Gasteiger partial charge in [-0.25, -0.2) is 4.39 Å². The Bertz CT molecular complexity index is 935. The predicted molar refractivity (Wildman–Crippen MR) is 109 cm³/mol. The zero-order valence-corrected chi connectivity index (χ0v) is 14.7. The van der Waals surface area contributed by atoms with Gasteiger partial charge in [-0.1, -0.05) is 36.4 Å². The summed E-state index contributed by atoms with van der Waals surface area (Å²) in [5.74, 6) is -0.495. The van der Waals surface area contributed by atoms with Crippen molar-refractivity contribution in [3.05, 3.63) is 95.8 Å². The molecule has 3 aromatic carbocycles. The number of rotatable bonds is 6. The van der Waals surface area contributed by atoms with Crippen molar-refractivity contribution >= 4 is 29.0 Å². The van der Waals surface area contributed by atoms with E-state index in [4.69, 9.17) is 5.73 Å². The van der Waals surface area contributed by atoms with Crippen molar-refractivity contribution < 1.29 is 9.18 Å². The van der Waals surface area contributed by atoms with Crippen LogP contribution in [0.3, 0.4) is 0 Å². The number of hydrogen-bond acceptors (Lipinski definition) is 3. The molecule has 0 aliphatic carbocycles. The summed E-state index contributed by atoms with van der Waals surface area (Å²) >= 11 is 0. The fourth-order valence-corrected chi connectivity index (χ4v) is 2.48. The Balaban J connectivity index is 1.53. The van der Waals surface area contributed by atoms with Gasteiger partial charge >= 0.3 is 0 Å². The Morgan fingerprint density at radius 1 is 0.963 bits per heavy atom. The predicted octanol–water partition coefficient (Wildman–Crippen LogP) is 4.67. The Labute approximate surface area is 157 Å². The minimum atomic E-state index is -0.254. The molecule has 0 unspecified atom stereocenters. The molecule has 4 nitrogen and oxygen atoms in total. The second-order valence-corrected chi connectivity index (χ2v) is 6.01. The van der Waals surface area contributed by atoms with Crippen LogP contribution in [-0.2, 0) is 11.3 Å². The third-order valence-electron chi connectivity index (χ3n) is 3.97. The first kappa shape index (κ1) is 18.2. The van der Waals surface area contributed by atoms with E-state index in [2.05, 4.69) is 10.6 Å². The molecular weight excluding hydrogens is 341 g/mol. The van der Waals surface area contributed by atoms with Crippen molar-refractivity contribution in [3.8, 4) is 0 Å². The van der Waals surface area contributed by atoms with Gasteiger partial charge in [0.2, 0.25) is 5.91 Å². The van der Waals surface area contributed by atoms with E-state index in [0.717, 1.165) is 16.8 Å². The largest absolute Gasteiger partial charge is 0.397 e. The van der Waals surface area contributed by atoms with Gasteiger partial charge in [0, 0.05) is 18.3 Å². The summed E-state index contributed by atoms with van der Waals surface area (Å²) in [6.07, 6.45) is 3.21. The number of nitrogen functional groups attached to an aromatic ring is 1. The van der Waals surface area contributed by atoms with Crippen LogP contribution in [0.1, 0.15) is 11.1 Å². The number of carbonyl (C=O) groups excluding carboxylic acids is 1. The van der Waals surface area contributed by atoms with Gasteiger partial charge in [-0.05, 0) is 53.6 Å². The molecule has 3 rings (SSSR count). The van der Waals surface area contributed by atoms with E-state index in [0.29, 0.717) is 17.9 Å². The average Bonchev–Trinajstić information content (AvgIpc) is 2.68. The summed E-state index contributed by atoms with van der Waals surface area (Å²) in [6.45, 7) is 0.628. The lowest BCUT2D eigenvalue weighted by Crippen LogP contribution is -2.09. The average molecular weight is 361 g/mol. The number of anilines is 3. The van der Waals surface area contributed by atoms with E-state index >= 15 is 0 Å². The SMILES string of the molecule is Nc1ccccc1NC(=O)C=Cc1ccc(CNc2ccc(F)cc2)cc1. The van der Waals surface area contributed by atoms with Crippen LogP contribution in [0.4, 0.5) is 21.5 Å². The molecule has 0 aliphatic rings. The molecule has 5 heteroatoms. The highest BCUT2D eigenvalue weighted by Crippen LogP contribution is 2.17. The molecule has 27 heavy (non-hydrogen) atoms. The van der Waals surface area contributed by atoms with Crippen molar-refractivity contribution in [1.29, 1.82) is 0 Å². The highest BCUT2D eigenvalue weighted by Gasteiger charge is 2.01. The highest BCUT2D eigenvalue weighted by molar-refractivity contribution is 6.03. The maximum atomic E-state index is 12.9. The normalized spacial score (nSPS) is 10.7. The number of hydrogen-bond donors (Lipinski definition) is 3. The van der Waals surface area contributed by atoms with Gasteiger partial charge in [0.05, 0.1) is 11.4 Å². The molecule has 0 radical (unpaired) electrons. The van der Waals surface area contributed by atoms with Crippen LogP contribution in [0.15, 0.2) is 78.9 Å². The number of para-hydroxylation sites is 2. The monoisotopic (exact) mass is 361 g/mol. The summed E-state index contributed by atoms with van der Waals surface area (Å²) in [4.78, 5) is 12.0. The van der Waals surface area contributed by atoms with Crippen molar-refractivity contribution in [2.24, 2.45) is 0 Å². The maximum absolute atomic E-state index is 12.9. The highest BCUT2D eigenvalue weighted by atomic mass is 19.1. The third-order valence-corrected chi connectivity index (χ3v) is 3.97. The van der Waals surface area contributed by atoms with Crippen LogP contribution in [0.2, 0.25) is 0 Å². The van der Waals surface area contributed by atoms with Gasteiger partial charge in [-0.15, -0.1) is 0 Å². The van der Waals surface area contributed by atoms with Gasteiger partial charge < -0.3 is 16.4 Å². The van der Waals surface area contributed by atoms with Crippen LogP contribution >= 0.6 is 0 Å². The molecule has 0 spiro atoms. The zero-order valence-electron chi connectivity index (χ0n) is 14.7. The van der Waals surface area contributed by atoms with Gasteiger partial charge in [0.15, 0.2) is 0 Å². The number of benzene rings is 3. The summed E-state index contributed by atoms with van der Waals surface area (Å²) in [5, 5.41) is 5.98. The molecule has 0 atom stereocenters. The van der Waals surface area contributed by atoms with Crippen LogP contribution in [0.5, 0.6) is 0 Å². The van der Waals surface area contributed by atoms with Crippen LogP contribution in [0, 0.1) is 5.82 Å². The molecule has 0 saturated heterocycles. The maximum Gasteiger partial charge on any atom is 0.248 e. The molecule has 0 aromatic heterocycles. The Kier molecular flexibility index (Phi) is 5.84. The third kappa shape index (κ3) is 5.44. The van der Waals surface area contributed by atoms with Crippen LogP contribution < -0.4 is 16.4 Å². The fourth-order valence-electron chi connectivity index (χ4n) is 2.48. The summed E-state index contributed by atoms with van der Waals surface area (Å²) in [6, 6.07) is 21.2. The lowest BCUT2D eigenvalue weighted by molar-refractivity contribution is -0.111. The van der Waals surface area contributed by atoms with Gasteiger partial charge in [0.25, 0.3) is 0 Å². The lowest BCUT2D eigenvalue weighted by Gasteiger charge is -2.07.